The van der Waals surface area contributed by atoms with Gasteiger partial charge in [-0.3, -0.25) is 14.6 Å². The molecule has 0 aliphatic rings. The summed E-state index contributed by atoms with van der Waals surface area (Å²) < 4.78 is 1.66. The molecule has 8 nitrogen and oxygen atoms in total. The molecule has 0 saturated heterocycles. The molecule has 0 radical (unpaired) electrons. The summed E-state index contributed by atoms with van der Waals surface area (Å²) in [6, 6.07) is 17.3. The third kappa shape index (κ3) is 4.56. The topological polar surface area (TPSA) is 102 Å². The Balaban J connectivity index is 1.35. The summed E-state index contributed by atoms with van der Waals surface area (Å²) in [5.74, 6) is 0.160. The Morgan fingerprint density at radius 2 is 1.73 bits per heavy atom. The van der Waals surface area contributed by atoms with Crippen LogP contribution in [-0.4, -0.2) is 31.6 Å². The molecule has 0 aliphatic heterocycles. The van der Waals surface area contributed by atoms with Gasteiger partial charge in [0.15, 0.2) is 5.82 Å². The second-order valence-corrected chi connectivity index (χ2v) is 6.40. The van der Waals surface area contributed by atoms with Gasteiger partial charge in [-0.25, -0.2) is 9.67 Å². The van der Waals surface area contributed by atoms with Crippen molar-refractivity contribution in [2.45, 2.75) is 6.54 Å². The number of carbonyl (C=O) groups is 2. The van der Waals surface area contributed by atoms with E-state index in [2.05, 4.69) is 25.7 Å². The van der Waals surface area contributed by atoms with Crippen molar-refractivity contribution in [3.8, 4) is 5.82 Å². The van der Waals surface area contributed by atoms with Crippen molar-refractivity contribution in [2.75, 3.05) is 5.32 Å². The van der Waals surface area contributed by atoms with Crippen LogP contribution < -0.4 is 10.6 Å². The fourth-order valence-electron chi connectivity index (χ4n) is 2.78. The van der Waals surface area contributed by atoms with Gasteiger partial charge in [0.2, 0.25) is 0 Å². The van der Waals surface area contributed by atoms with Gasteiger partial charge < -0.3 is 10.6 Å². The first-order valence-electron chi connectivity index (χ1n) is 9.25. The maximum Gasteiger partial charge on any atom is 0.274 e. The average molecular weight is 398 g/mol. The molecule has 0 bridgehead atoms. The van der Waals surface area contributed by atoms with Crippen molar-refractivity contribution in [3.05, 3.63) is 102 Å². The minimum atomic E-state index is -0.307. The molecule has 0 aliphatic carbocycles. The summed E-state index contributed by atoms with van der Waals surface area (Å²) in [6.45, 7) is 0.355. The minimum absolute atomic E-state index is 0.213. The zero-order valence-electron chi connectivity index (χ0n) is 15.9. The molecule has 8 heteroatoms. The van der Waals surface area contributed by atoms with Crippen molar-refractivity contribution < 1.29 is 9.59 Å². The average Bonchev–Trinajstić information content (AvgIpc) is 3.34. The third-order valence-electron chi connectivity index (χ3n) is 4.30. The van der Waals surface area contributed by atoms with Crippen molar-refractivity contribution in [2.24, 2.45) is 0 Å². The Morgan fingerprint density at radius 1 is 0.867 bits per heavy atom. The molecule has 148 valence electrons. The molecular weight excluding hydrogens is 380 g/mol. The lowest BCUT2D eigenvalue weighted by molar-refractivity contribution is 0.0950. The molecule has 3 heterocycles. The molecular formula is C22H18N6O2. The Labute approximate surface area is 172 Å². The number of amides is 2. The first-order valence-corrected chi connectivity index (χ1v) is 9.25. The Hall–Kier alpha value is -4.33. The number of anilines is 1. The van der Waals surface area contributed by atoms with Crippen LogP contribution in [-0.2, 0) is 6.54 Å². The van der Waals surface area contributed by atoms with E-state index in [1.165, 1.54) is 0 Å². The highest BCUT2D eigenvalue weighted by Crippen LogP contribution is 2.12. The number of nitrogens with one attached hydrogen (secondary N) is 2. The highest BCUT2D eigenvalue weighted by atomic mass is 16.2. The Morgan fingerprint density at radius 3 is 2.47 bits per heavy atom. The Kier molecular flexibility index (Phi) is 5.56. The predicted octanol–water partition coefficient (Wildman–Crippen LogP) is 2.84. The molecule has 0 saturated carbocycles. The summed E-state index contributed by atoms with van der Waals surface area (Å²) in [7, 11) is 0. The molecule has 0 atom stereocenters. The van der Waals surface area contributed by atoms with E-state index in [0.717, 1.165) is 5.56 Å². The van der Waals surface area contributed by atoms with E-state index < -0.39 is 0 Å². The normalized spacial score (nSPS) is 10.4. The van der Waals surface area contributed by atoms with Crippen LogP contribution in [0.2, 0.25) is 0 Å². The highest BCUT2D eigenvalue weighted by molar-refractivity contribution is 6.03. The van der Waals surface area contributed by atoms with E-state index in [0.29, 0.717) is 29.3 Å². The van der Waals surface area contributed by atoms with Crippen LogP contribution in [0.5, 0.6) is 0 Å². The fourth-order valence-corrected chi connectivity index (χ4v) is 2.78. The molecule has 2 amide bonds. The van der Waals surface area contributed by atoms with Gasteiger partial charge in [-0.2, -0.15) is 5.10 Å². The molecule has 3 aromatic heterocycles. The maximum atomic E-state index is 12.4. The van der Waals surface area contributed by atoms with Crippen molar-refractivity contribution in [1.82, 2.24) is 25.1 Å². The molecule has 4 rings (SSSR count). The first-order chi connectivity index (χ1) is 14.7. The molecule has 0 unspecified atom stereocenters. The van der Waals surface area contributed by atoms with Crippen LogP contribution >= 0.6 is 0 Å². The zero-order chi connectivity index (χ0) is 20.8. The summed E-state index contributed by atoms with van der Waals surface area (Å²) >= 11 is 0. The molecule has 2 N–H and O–H groups in total. The van der Waals surface area contributed by atoms with Gasteiger partial charge in [-0.15, -0.1) is 0 Å². The minimum Gasteiger partial charge on any atom is -0.348 e. The number of benzene rings is 1. The van der Waals surface area contributed by atoms with E-state index in [9.17, 15) is 9.59 Å². The number of hydrogen-bond acceptors (Lipinski definition) is 5. The van der Waals surface area contributed by atoms with Gasteiger partial charge in [0, 0.05) is 42.6 Å². The summed E-state index contributed by atoms with van der Waals surface area (Å²) in [4.78, 5) is 32.9. The zero-order valence-corrected chi connectivity index (χ0v) is 15.9. The number of rotatable bonds is 6. The van der Waals surface area contributed by atoms with E-state index in [1.54, 1.807) is 71.9 Å². The molecule has 30 heavy (non-hydrogen) atoms. The second kappa shape index (κ2) is 8.78. The van der Waals surface area contributed by atoms with E-state index in [4.69, 9.17) is 0 Å². The lowest BCUT2D eigenvalue weighted by Crippen LogP contribution is -2.23. The Bertz CT molecular complexity index is 1140. The molecule has 1 aromatic carbocycles. The summed E-state index contributed by atoms with van der Waals surface area (Å²) in [5.41, 5.74) is 2.31. The van der Waals surface area contributed by atoms with Gasteiger partial charge >= 0.3 is 0 Å². The number of hydrogen-bond donors (Lipinski definition) is 2. The molecule has 0 spiro atoms. The van der Waals surface area contributed by atoms with Crippen LogP contribution in [0.1, 0.15) is 26.4 Å². The lowest BCUT2D eigenvalue weighted by atomic mass is 10.2. The smallest absolute Gasteiger partial charge is 0.274 e. The van der Waals surface area contributed by atoms with Crippen LogP contribution in [0.3, 0.4) is 0 Å². The number of aromatic nitrogens is 4. The van der Waals surface area contributed by atoms with Gasteiger partial charge in [0.25, 0.3) is 11.8 Å². The van der Waals surface area contributed by atoms with Gasteiger partial charge in [-0.05, 0) is 60.2 Å². The van der Waals surface area contributed by atoms with Crippen molar-refractivity contribution in [1.29, 1.82) is 0 Å². The highest BCUT2D eigenvalue weighted by Gasteiger charge is 2.09. The van der Waals surface area contributed by atoms with E-state index in [1.807, 2.05) is 18.2 Å². The third-order valence-corrected chi connectivity index (χ3v) is 4.30. The summed E-state index contributed by atoms with van der Waals surface area (Å²) in [5, 5.41) is 9.78. The standard InChI is InChI=1S/C22H18N6O2/c29-21(25-15-16-9-12-24-20(14-16)28-13-3-11-26-28)17-5-7-18(8-6-17)27-22(30)19-4-1-2-10-23-19/h1-14H,15H2,(H,25,29)(H,27,30). The van der Waals surface area contributed by atoms with Crippen LogP contribution in [0.25, 0.3) is 5.82 Å². The molecule has 0 fully saturated rings. The largest absolute Gasteiger partial charge is 0.348 e. The fraction of sp³-hybridized carbons (Fsp3) is 0.0455. The van der Waals surface area contributed by atoms with E-state index in [-0.39, 0.29) is 11.8 Å². The van der Waals surface area contributed by atoms with Crippen LogP contribution in [0, 0.1) is 0 Å². The SMILES string of the molecule is O=C(NCc1ccnc(-n2cccn2)c1)c1ccc(NC(=O)c2ccccn2)cc1. The second-order valence-electron chi connectivity index (χ2n) is 6.40. The van der Waals surface area contributed by atoms with Gasteiger partial charge in [0.1, 0.15) is 5.69 Å². The lowest BCUT2D eigenvalue weighted by Gasteiger charge is -2.08. The van der Waals surface area contributed by atoms with Crippen molar-refractivity contribution in [3.63, 3.8) is 0 Å². The predicted molar refractivity (Wildman–Crippen MR) is 111 cm³/mol. The van der Waals surface area contributed by atoms with Crippen molar-refractivity contribution >= 4 is 17.5 Å². The van der Waals surface area contributed by atoms with Crippen LogP contribution in [0.4, 0.5) is 5.69 Å². The number of carbonyl (C=O) groups excluding carboxylic acids is 2. The van der Waals surface area contributed by atoms with Gasteiger partial charge in [-0.1, -0.05) is 6.07 Å². The van der Waals surface area contributed by atoms with Gasteiger partial charge in [0.05, 0.1) is 0 Å². The first kappa shape index (κ1) is 19.0. The van der Waals surface area contributed by atoms with E-state index >= 15 is 0 Å². The maximum absolute atomic E-state index is 12.4. The summed E-state index contributed by atoms with van der Waals surface area (Å²) in [6.07, 6.45) is 6.72. The monoisotopic (exact) mass is 398 g/mol. The number of pyridine rings is 2. The van der Waals surface area contributed by atoms with Crippen LogP contribution in [0.15, 0.2) is 85.5 Å². The quantitative estimate of drug-likeness (QED) is 0.520. The molecule has 4 aromatic rings. The number of nitrogens with zero attached hydrogens (tertiary/aromatic N) is 4.